The highest BCUT2D eigenvalue weighted by Crippen LogP contribution is 2.26. The van der Waals surface area contributed by atoms with Crippen molar-refractivity contribution in [2.24, 2.45) is 5.10 Å². The van der Waals surface area contributed by atoms with Crippen molar-refractivity contribution in [1.29, 1.82) is 0 Å². The normalized spacial score (nSPS) is 10.6. The van der Waals surface area contributed by atoms with E-state index in [0.29, 0.717) is 17.1 Å². The molecule has 0 aliphatic rings. The van der Waals surface area contributed by atoms with E-state index in [0.717, 1.165) is 10.0 Å². The molecule has 1 amide bonds. The molecule has 0 aromatic heterocycles. The topological polar surface area (TPSA) is 80.2 Å². The minimum Gasteiger partial charge on any atom is -0.504 e. The molecule has 0 heterocycles. The average molecular weight is 393 g/mol. The number of aromatic hydroxyl groups is 1. The molecule has 0 spiro atoms. The van der Waals surface area contributed by atoms with Crippen LogP contribution in [0.2, 0.25) is 0 Å². The summed E-state index contributed by atoms with van der Waals surface area (Å²) in [4.78, 5) is 11.9. The summed E-state index contributed by atoms with van der Waals surface area (Å²) in [5.74, 6) is 0.852. The second kappa shape index (κ2) is 8.35. The molecule has 24 heavy (non-hydrogen) atoms. The van der Waals surface area contributed by atoms with Crippen LogP contribution in [-0.2, 0) is 11.2 Å². The second-order valence-corrected chi connectivity index (χ2v) is 5.72. The second-order valence-electron chi connectivity index (χ2n) is 4.87. The van der Waals surface area contributed by atoms with Gasteiger partial charge in [-0.2, -0.15) is 5.10 Å². The third-order valence-electron chi connectivity index (χ3n) is 3.19. The van der Waals surface area contributed by atoms with Gasteiger partial charge in [-0.05, 0) is 57.4 Å². The number of amides is 1. The van der Waals surface area contributed by atoms with Crippen LogP contribution in [-0.4, -0.2) is 31.4 Å². The molecule has 0 bridgehead atoms. The van der Waals surface area contributed by atoms with Gasteiger partial charge in [0, 0.05) is 0 Å². The number of phenols is 1. The van der Waals surface area contributed by atoms with E-state index in [2.05, 4.69) is 26.5 Å². The summed E-state index contributed by atoms with van der Waals surface area (Å²) in [5.41, 5.74) is 3.99. The van der Waals surface area contributed by atoms with Crippen molar-refractivity contribution >= 4 is 28.1 Å². The minimum absolute atomic E-state index is 0.0452. The fourth-order valence-electron chi connectivity index (χ4n) is 2.00. The van der Waals surface area contributed by atoms with Crippen molar-refractivity contribution < 1.29 is 19.4 Å². The van der Waals surface area contributed by atoms with E-state index in [-0.39, 0.29) is 18.1 Å². The number of ether oxygens (including phenoxy) is 2. The van der Waals surface area contributed by atoms with Crippen LogP contribution in [0, 0.1) is 0 Å². The molecular formula is C17H17BrN2O4. The maximum atomic E-state index is 11.9. The molecule has 0 saturated heterocycles. The Bertz CT molecular complexity index is 762. The number of hydrogen-bond donors (Lipinski definition) is 2. The van der Waals surface area contributed by atoms with Gasteiger partial charge in [-0.3, -0.25) is 4.79 Å². The summed E-state index contributed by atoms with van der Waals surface area (Å²) in [6.07, 6.45) is 1.67. The van der Waals surface area contributed by atoms with Gasteiger partial charge in [-0.15, -0.1) is 0 Å². The Morgan fingerprint density at radius 3 is 2.62 bits per heavy atom. The SMILES string of the molecule is COc1cc(/C=N/NC(=O)Cc2ccc(OC)c(Br)c2)ccc1O. The van der Waals surface area contributed by atoms with E-state index in [4.69, 9.17) is 9.47 Å². The Morgan fingerprint density at radius 1 is 1.21 bits per heavy atom. The number of halogens is 1. The fourth-order valence-corrected chi connectivity index (χ4v) is 2.59. The minimum atomic E-state index is -0.242. The molecule has 2 aromatic carbocycles. The molecule has 0 fully saturated rings. The van der Waals surface area contributed by atoms with E-state index in [1.807, 2.05) is 12.1 Å². The third kappa shape index (κ3) is 4.73. The number of rotatable bonds is 6. The first-order valence-corrected chi connectivity index (χ1v) is 7.84. The van der Waals surface area contributed by atoms with Crippen LogP contribution in [0.25, 0.3) is 0 Å². The highest BCUT2D eigenvalue weighted by Gasteiger charge is 2.06. The van der Waals surface area contributed by atoms with Crippen LogP contribution in [0.3, 0.4) is 0 Å². The molecule has 0 atom stereocenters. The van der Waals surface area contributed by atoms with Gasteiger partial charge in [0.2, 0.25) is 5.91 Å². The molecule has 0 radical (unpaired) electrons. The lowest BCUT2D eigenvalue weighted by atomic mass is 10.1. The molecule has 6 nitrogen and oxygen atoms in total. The molecule has 0 saturated carbocycles. The average Bonchev–Trinajstić information content (AvgIpc) is 2.56. The van der Waals surface area contributed by atoms with E-state index < -0.39 is 0 Å². The number of carbonyl (C=O) groups is 1. The first-order chi connectivity index (χ1) is 11.5. The molecule has 2 aromatic rings. The zero-order valence-electron chi connectivity index (χ0n) is 13.2. The van der Waals surface area contributed by atoms with Crippen LogP contribution < -0.4 is 14.9 Å². The fraction of sp³-hybridized carbons (Fsp3) is 0.176. The van der Waals surface area contributed by atoms with Gasteiger partial charge < -0.3 is 14.6 Å². The lowest BCUT2D eigenvalue weighted by Crippen LogP contribution is -2.19. The Kier molecular flexibility index (Phi) is 6.20. The van der Waals surface area contributed by atoms with Gasteiger partial charge in [0.05, 0.1) is 31.3 Å². The quantitative estimate of drug-likeness (QED) is 0.584. The van der Waals surface area contributed by atoms with Gasteiger partial charge in [0.25, 0.3) is 0 Å². The number of phenolic OH excluding ortho intramolecular Hbond substituents is 1. The lowest BCUT2D eigenvalue weighted by molar-refractivity contribution is -0.120. The van der Waals surface area contributed by atoms with Crippen LogP contribution in [0.5, 0.6) is 17.2 Å². The summed E-state index contributed by atoms with van der Waals surface area (Å²) in [7, 11) is 3.05. The van der Waals surface area contributed by atoms with Gasteiger partial charge in [0.15, 0.2) is 11.5 Å². The maximum absolute atomic E-state index is 11.9. The Morgan fingerprint density at radius 2 is 1.96 bits per heavy atom. The van der Waals surface area contributed by atoms with E-state index in [1.54, 1.807) is 25.3 Å². The van der Waals surface area contributed by atoms with Crippen LogP contribution in [0.1, 0.15) is 11.1 Å². The van der Waals surface area contributed by atoms with Crippen LogP contribution in [0.4, 0.5) is 0 Å². The smallest absolute Gasteiger partial charge is 0.244 e. The zero-order chi connectivity index (χ0) is 17.5. The number of benzene rings is 2. The molecule has 126 valence electrons. The highest BCUT2D eigenvalue weighted by atomic mass is 79.9. The molecule has 0 aliphatic heterocycles. The number of hydrogen-bond acceptors (Lipinski definition) is 5. The summed E-state index contributed by atoms with van der Waals surface area (Å²) < 4.78 is 10.9. The number of nitrogens with zero attached hydrogens (tertiary/aromatic N) is 1. The molecule has 2 rings (SSSR count). The predicted molar refractivity (Wildman–Crippen MR) is 94.8 cm³/mol. The van der Waals surface area contributed by atoms with Crippen molar-refractivity contribution in [3.8, 4) is 17.2 Å². The van der Waals surface area contributed by atoms with Crippen molar-refractivity contribution in [3.05, 3.63) is 52.0 Å². The summed E-state index contributed by atoms with van der Waals surface area (Å²) in [6.45, 7) is 0. The lowest BCUT2D eigenvalue weighted by Gasteiger charge is -2.06. The van der Waals surface area contributed by atoms with Gasteiger partial charge >= 0.3 is 0 Å². The van der Waals surface area contributed by atoms with Crippen LogP contribution >= 0.6 is 15.9 Å². The monoisotopic (exact) mass is 392 g/mol. The molecule has 0 unspecified atom stereocenters. The molecule has 7 heteroatoms. The number of hydrazone groups is 1. The Labute approximate surface area is 148 Å². The van der Waals surface area contributed by atoms with Gasteiger partial charge in [-0.25, -0.2) is 5.43 Å². The van der Waals surface area contributed by atoms with E-state index in [1.165, 1.54) is 19.4 Å². The van der Waals surface area contributed by atoms with Crippen LogP contribution in [0.15, 0.2) is 46.0 Å². The van der Waals surface area contributed by atoms with Crippen molar-refractivity contribution in [3.63, 3.8) is 0 Å². The van der Waals surface area contributed by atoms with Crippen molar-refractivity contribution in [1.82, 2.24) is 5.43 Å². The summed E-state index contributed by atoms with van der Waals surface area (Å²) >= 11 is 3.38. The standard InChI is InChI=1S/C17H17BrN2O4/c1-23-15-6-4-11(7-13(15)18)9-17(22)20-19-10-12-3-5-14(21)16(8-12)24-2/h3-8,10,21H,9H2,1-2H3,(H,20,22)/b19-10+. The Balaban J connectivity index is 1.94. The van der Waals surface area contributed by atoms with Gasteiger partial charge in [-0.1, -0.05) is 6.07 Å². The van der Waals surface area contributed by atoms with Crippen molar-refractivity contribution in [2.75, 3.05) is 14.2 Å². The number of methoxy groups -OCH3 is 2. The molecular weight excluding hydrogens is 376 g/mol. The zero-order valence-corrected chi connectivity index (χ0v) is 14.8. The molecule has 2 N–H and O–H groups in total. The Hall–Kier alpha value is -2.54. The third-order valence-corrected chi connectivity index (χ3v) is 3.81. The largest absolute Gasteiger partial charge is 0.504 e. The van der Waals surface area contributed by atoms with E-state index >= 15 is 0 Å². The number of nitrogens with one attached hydrogen (secondary N) is 1. The predicted octanol–water partition coefficient (Wildman–Crippen LogP) is 2.86. The summed E-state index contributed by atoms with van der Waals surface area (Å²) in [5, 5.41) is 13.4. The summed E-state index contributed by atoms with van der Waals surface area (Å²) in [6, 6.07) is 10.2. The maximum Gasteiger partial charge on any atom is 0.244 e. The number of carbonyl (C=O) groups excluding carboxylic acids is 1. The molecule has 0 aliphatic carbocycles. The highest BCUT2D eigenvalue weighted by molar-refractivity contribution is 9.10. The first kappa shape index (κ1) is 17.8. The van der Waals surface area contributed by atoms with E-state index in [9.17, 15) is 9.90 Å². The van der Waals surface area contributed by atoms with Crippen molar-refractivity contribution in [2.45, 2.75) is 6.42 Å². The van der Waals surface area contributed by atoms with Gasteiger partial charge in [0.1, 0.15) is 5.75 Å². The first-order valence-electron chi connectivity index (χ1n) is 7.05.